The molecule has 1 aliphatic carbocycles. The number of carboxylic acids is 1. The maximum absolute atomic E-state index is 12.5. The van der Waals surface area contributed by atoms with Gasteiger partial charge in [0, 0.05) is 22.5 Å². The summed E-state index contributed by atoms with van der Waals surface area (Å²) in [5.74, 6) is -1.16. The first-order valence-corrected chi connectivity index (χ1v) is 8.13. The minimum Gasteiger partial charge on any atom is -0.481 e. The van der Waals surface area contributed by atoms with E-state index in [-0.39, 0.29) is 23.5 Å². The van der Waals surface area contributed by atoms with Crippen molar-refractivity contribution in [3.05, 3.63) is 58.0 Å². The Kier molecular flexibility index (Phi) is 4.37. The molecule has 0 radical (unpaired) electrons. The molecule has 0 spiro atoms. The lowest BCUT2D eigenvalue weighted by atomic mass is 9.95. The molecule has 1 aromatic carbocycles. The fraction of sp³-hybridized carbons (Fsp3) is 0.333. The molecular formula is C18H18ClNO4. The molecule has 5 nitrogen and oxygen atoms in total. The maximum Gasteiger partial charge on any atom is 0.311 e. The Morgan fingerprint density at radius 1 is 1.33 bits per heavy atom. The molecule has 24 heavy (non-hydrogen) atoms. The van der Waals surface area contributed by atoms with Gasteiger partial charge in [-0.15, -0.1) is 0 Å². The number of amides is 1. The zero-order valence-electron chi connectivity index (χ0n) is 13.3. The Morgan fingerprint density at radius 2 is 2.04 bits per heavy atom. The van der Waals surface area contributed by atoms with Crippen molar-refractivity contribution >= 4 is 23.5 Å². The number of hydrogen-bond donors (Lipinski definition) is 2. The molecule has 1 fully saturated rings. The molecule has 126 valence electrons. The second-order valence-electron chi connectivity index (χ2n) is 6.23. The zero-order valence-corrected chi connectivity index (χ0v) is 14.0. The molecule has 0 aliphatic heterocycles. The molecule has 0 unspecified atom stereocenters. The van der Waals surface area contributed by atoms with E-state index >= 15 is 0 Å². The number of carbonyl (C=O) groups is 2. The molecule has 1 aromatic heterocycles. The van der Waals surface area contributed by atoms with Crippen molar-refractivity contribution in [1.29, 1.82) is 0 Å². The Labute approximate surface area is 144 Å². The summed E-state index contributed by atoms with van der Waals surface area (Å²) in [7, 11) is 0. The highest BCUT2D eigenvalue weighted by Crippen LogP contribution is 2.49. The Hall–Kier alpha value is -2.27. The van der Waals surface area contributed by atoms with Crippen molar-refractivity contribution in [2.45, 2.75) is 31.6 Å². The molecule has 2 N–H and O–H groups in total. The van der Waals surface area contributed by atoms with Crippen LogP contribution in [0.25, 0.3) is 0 Å². The molecule has 0 atom stereocenters. The molecule has 0 bridgehead atoms. The Balaban J connectivity index is 1.74. The monoisotopic (exact) mass is 347 g/mol. The topological polar surface area (TPSA) is 79.5 Å². The van der Waals surface area contributed by atoms with Crippen LogP contribution in [0.4, 0.5) is 0 Å². The summed E-state index contributed by atoms with van der Waals surface area (Å²) in [5, 5.41) is 12.5. The van der Waals surface area contributed by atoms with E-state index in [2.05, 4.69) is 5.32 Å². The van der Waals surface area contributed by atoms with E-state index in [1.807, 2.05) is 24.3 Å². The lowest BCUT2D eigenvalue weighted by Gasteiger charge is -2.18. The number of aliphatic carboxylic acids is 1. The van der Waals surface area contributed by atoms with Crippen LogP contribution in [0.1, 0.15) is 40.1 Å². The van der Waals surface area contributed by atoms with Gasteiger partial charge in [0.25, 0.3) is 5.91 Å². The van der Waals surface area contributed by atoms with Crippen LogP contribution in [-0.2, 0) is 16.6 Å². The van der Waals surface area contributed by atoms with Gasteiger partial charge in [0.1, 0.15) is 12.2 Å². The number of aryl methyl sites for hydroxylation is 1. The first kappa shape index (κ1) is 16.6. The van der Waals surface area contributed by atoms with Gasteiger partial charge in [0.15, 0.2) is 0 Å². The van der Waals surface area contributed by atoms with E-state index < -0.39 is 5.97 Å². The van der Waals surface area contributed by atoms with E-state index in [1.165, 1.54) is 6.26 Å². The van der Waals surface area contributed by atoms with Gasteiger partial charge in [-0.1, -0.05) is 29.8 Å². The Bertz CT molecular complexity index is 792. The first-order valence-electron chi connectivity index (χ1n) is 7.75. The van der Waals surface area contributed by atoms with Gasteiger partial charge in [-0.25, -0.2) is 0 Å². The number of nitrogens with one attached hydrogen (secondary N) is 1. The van der Waals surface area contributed by atoms with E-state index in [9.17, 15) is 9.59 Å². The summed E-state index contributed by atoms with van der Waals surface area (Å²) in [4.78, 5) is 23.4. The summed E-state index contributed by atoms with van der Waals surface area (Å²) < 4.78 is 5.22. The summed E-state index contributed by atoms with van der Waals surface area (Å²) >= 11 is 6.28. The van der Waals surface area contributed by atoms with Gasteiger partial charge in [0.2, 0.25) is 0 Å². The smallest absolute Gasteiger partial charge is 0.311 e. The maximum atomic E-state index is 12.5. The van der Waals surface area contributed by atoms with Crippen LogP contribution in [0, 0.1) is 6.92 Å². The predicted molar refractivity (Wildman–Crippen MR) is 89.5 cm³/mol. The molecule has 3 rings (SSSR count). The summed E-state index contributed by atoms with van der Waals surface area (Å²) in [5.41, 5.74) is 1.86. The highest BCUT2D eigenvalue weighted by atomic mass is 35.5. The average Bonchev–Trinajstić information content (AvgIpc) is 3.23. The Morgan fingerprint density at radius 3 is 2.67 bits per heavy atom. The van der Waals surface area contributed by atoms with E-state index in [1.54, 1.807) is 6.92 Å². The summed E-state index contributed by atoms with van der Waals surface area (Å²) in [6, 6.07) is 7.66. The van der Waals surface area contributed by atoms with Crippen molar-refractivity contribution in [3.8, 4) is 0 Å². The second-order valence-corrected chi connectivity index (χ2v) is 6.64. The van der Waals surface area contributed by atoms with Crippen LogP contribution in [-0.4, -0.2) is 23.5 Å². The van der Waals surface area contributed by atoms with Crippen LogP contribution in [0.5, 0.6) is 0 Å². The number of carbonyl (C=O) groups excluding carboxylic acids is 1. The van der Waals surface area contributed by atoms with E-state index in [0.29, 0.717) is 22.7 Å². The largest absolute Gasteiger partial charge is 0.481 e. The van der Waals surface area contributed by atoms with Gasteiger partial charge >= 0.3 is 5.97 Å². The highest BCUT2D eigenvalue weighted by Gasteiger charge is 2.45. The van der Waals surface area contributed by atoms with Gasteiger partial charge in [-0.2, -0.15) is 0 Å². The lowest BCUT2D eigenvalue weighted by Crippen LogP contribution is -2.33. The third-order valence-corrected chi connectivity index (χ3v) is 4.81. The molecule has 2 aromatic rings. The normalized spacial score (nSPS) is 15.1. The highest BCUT2D eigenvalue weighted by molar-refractivity contribution is 6.31. The van der Waals surface area contributed by atoms with Gasteiger partial charge in [-0.05, 0) is 31.4 Å². The minimum atomic E-state index is -1.03. The molecule has 1 amide bonds. The van der Waals surface area contributed by atoms with Gasteiger partial charge in [-0.3, -0.25) is 9.59 Å². The van der Waals surface area contributed by atoms with Gasteiger partial charge < -0.3 is 14.8 Å². The van der Waals surface area contributed by atoms with Crippen molar-refractivity contribution in [2.24, 2.45) is 0 Å². The first-order chi connectivity index (χ1) is 11.4. The predicted octanol–water partition coefficient (Wildman–Crippen LogP) is 3.33. The number of halogens is 1. The van der Waals surface area contributed by atoms with E-state index in [4.69, 9.17) is 21.1 Å². The lowest BCUT2D eigenvalue weighted by molar-refractivity contribution is -0.136. The minimum absolute atomic E-state index is 0.126. The average molecular weight is 348 g/mol. The van der Waals surface area contributed by atoms with Gasteiger partial charge in [0.05, 0.1) is 11.8 Å². The van der Waals surface area contributed by atoms with E-state index in [0.717, 1.165) is 18.4 Å². The third kappa shape index (κ3) is 3.17. The van der Waals surface area contributed by atoms with Crippen molar-refractivity contribution < 1.29 is 19.1 Å². The fourth-order valence-corrected chi connectivity index (χ4v) is 3.33. The second kappa shape index (κ2) is 6.32. The van der Waals surface area contributed by atoms with Crippen LogP contribution >= 0.6 is 11.6 Å². The van der Waals surface area contributed by atoms with Crippen LogP contribution in [0.15, 0.2) is 34.9 Å². The molecule has 6 heteroatoms. The molecule has 1 saturated carbocycles. The zero-order chi connectivity index (χ0) is 17.3. The van der Waals surface area contributed by atoms with Crippen LogP contribution in [0.2, 0.25) is 5.02 Å². The van der Waals surface area contributed by atoms with Crippen molar-refractivity contribution in [1.82, 2.24) is 5.32 Å². The summed E-state index contributed by atoms with van der Waals surface area (Å²) in [6.07, 6.45) is 3.02. The molecule has 1 heterocycles. The molecule has 0 saturated heterocycles. The van der Waals surface area contributed by atoms with Crippen LogP contribution in [0.3, 0.4) is 0 Å². The number of rotatable bonds is 6. The number of hydrogen-bond acceptors (Lipinski definition) is 3. The number of furan rings is 1. The quantitative estimate of drug-likeness (QED) is 0.840. The summed E-state index contributed by atoms with van der Waals surface area (Å²) in [6.45, 7) is 2.19. The standard InChI is InChI=1S/C18H18ClNO4/c1-11-9-24-14(8-15(21)22)16(11)17(23)20-10-18(6-7-18)12-4-2-3-5-13(12)19/h2-5,9H,6-8,10H2,1H3,(H,20,23)(H,21,22). The van der Waals surface area contributed by atoms with Crippen LogP contribution < -0.4 is 5.32 Å². The molecular weight excluding hydrogens is 330 g/mol. The third-order valence-electron chi connectivity index (χ3n) is 4.48. The number of benzene rings is 1. The van der Waals surface area contributed by atoms with Crippen molar-refractivity contribution in [3.63, 3.8) is 0 Å². The number of carboxylic acid groups (broad SMARTS) is 1. The van der Waals surface area contributed by atoms with Crippen molar-refractivity contribution in [2.75, 3.05) is 6.54 Å². The fourth-order valence-electron chi connectivity index (χ4n) is 2.99. The SMILES string of the molecule is Cc1coc(CC(=O)O)c1C(=O)NCC1(c2ccccc2Cl)CC1. The molecule has 1 aliphatic rings.